The van der Waals surface area contributed by atoms with Crippen LogP contribution in [0, 0.1) is 69.8 Å². The standard InChI is InChI=1S/C48H30F12O15S3/c49-31-37(55)46(76-75-74-61)38(56)32(50)43(31)71-16-13-68-28-7-1-22(2-8-28)25-19-26(23-3-9-29(10-4-23)69-14-17-72-44-33(51)39(57)47(77(62,63)64)40(58)34(44)52)21-27(20-25)24-5-11-30(12-6-24)70-15-18-73-45-35(53)41(59)48(78(65,66)67)42(60)36(45)54/h1-12,19-21,61H,13-18H2,(H,62,63,64)(H,65,66,67)/p-3. The smallest absolute Gasteiger partial charge is 0.205 e. The molecule has 7 rings (SSSR count). The van der Waals surface area contributed by atoms with E-state index in [0.717, 1.165) is 0 Å². The molecule has 0 spiro atoms. The first kappa shape index (κ1) is 58.2. The van der Waals surface area contributed by atoms with E-state index in [4.69, 9.17) is 28.4 Å². The number of benzene rings is 7. The fraction of sp³-hybridized carbons (Fsp3) is 0.125. The van der Waals surface area contributed by atoms with Gasteiger partial charge in [-0.3, -0.25) is 5.04 Å². The minimum atomic E-state index is -5.95. The van der Waals surface area contributed by atoms with Gasteiger partial charge in [0.05, 0.1) is 12.0 Å². The fourth-order valence-corrected chi connectivity index (χ4v) is 8.64. The van der Waals surface area contributed by atoms with Crippen molar-refractivity contribution in [2.75, 3.05) is 39.6 Å². The molecule has 0 amide bonds. The summed E-state index contributed by atoms with van der Waals surface area (Å²) in [5.41, 5.74) is 3.43. The van der Waals surface area contributed by atoms with Gasteiger partial charge in [-0.2, -0.15) is 30.7 Å². The third kappa shape index (κ3) is 12.9. The van der Waals surface area contributed by atoms with Gasteiger partial charge < -0.3 is 42.8 Å². The predicted octanol–water partition coefficient (Wildman–Crippen LogP) is 9.77. The highest BCUT2D eigenvalue weighted by molar-refractivity contribution is 7.94. The van der Waals surface area contributed by atoms with Gasteiger partial charge in [0.25, 0.3) is 0 Å². The van der Waals surface area contributed by atoms with Crippen molar-refractivity contribution >= 4 is 32.3 Å². The van der Waals surface area contributed by atoms with Crippen LogP contribution in [-0.2, 0) is 29.6 Å². The lowest BCUT2D eigenvalue weighted by Crippen LogP contribution is -2.15. The second kappa shape index (κ2) is 24.5. The van der Waals surface area contributed by atoms with E-state index >= 15 is 0 Å². The maximum atomic E-state index is 14.5. The van der Waals surface area contributed by atoms with Crippen LogP contribution in [0.25, 0.3) is 33.4 Å². The highest BCUT2D eigenvalue weighted by Crippen LogP contribution is 2.39. The van der Waals surface area contributed by atoms with Crippen LogP contribution in [-0.4, -0.2) is 65.6 Å². The normalized spacial score (nSPS) is 11.7. The topological polar surface area (TPSA) is 211 Å². The summed E-state index contributed by atoms with van der Waals surface area (Å²) >= 11 is -0.414. The van der Waals surface area contributed by atoms with Gasteiger partial charge in [-0.05, 0) is 88.0 Å². The van der Waals surface area contributed by atoms with Crippen molar-refractivity contribution in [3.8, 4) is 67.9 Å². The molecule has 0 N–H and O–H groups in total. The highest BCUT2D eigenvalue weighted by Gasteiger charge is 2.32. The van der Waals surface area contributed by atoms with E-state index in [1.807, 2.05) is 0 Å². The zero-order valence-corrected chi connectivity index (χ0v) is 40.7. The summed E-state index contributed by atoms with van der Waals surface area (Å²) in [6, 6.07) is 23.8. The van der Waals surface area contributed by atoms with Crippen LogP contribution in [0.5, 0.6) is 34.5 Å². The first-order chi connectivity index (χ1) is 36.9. The van der Waals surface area contributed by atoms with Gasteiger partial charge >= 0.3 is 0 Å². The summed E-state index contributed by atoms with van der Waals surface area (Å²) in [6.07, 6.45) is 0. The summed E-state index contributed by atoms with van der Waals surface area (Å²) in [5.74, 6) is -30.9. The number of hydrogen-bond donors (Lipinski definition) is 0. The van der Waals surface area contributed by atoms with Crippen LogP contribution < -0.4 is 33.7 Å². The zero-order chi connectivity index (χ0) is 56.8. The molecule has 0 aliphatic carbocycles. The lowest BCUT2D eigenvalue weighted by Gasteiger charge is -2.15. The van der Waals surface area contributed by atoms with Gasteiger partial charge in [-0.15, -0.1) is 0 Å². The summed E-state index contributed by atoms with van der Waals surface area (Å²) in [7, 11) is -11.9. The molecule has 15 nitrogen and oxygen atoms in total. The lowest BCUT2D eigenvalue weighted by atomic mass is 9.93. The minimum Gasteiger partial charge on any atom is -0.744 e. The fourth-order valence-electron chi connectivity index (χ4n) is 6.98. The van der Waals surface area contributed by atoms with Crippen molar-refractivity contribution in [2.45, 2.75) is 14.7 Å². The molecule has 7 aromatic rings. The van der Waals surface area contributed by atoms with Gasteiger partial charge in [0.2, 0.25) is 34.9 Å². The molecular weight excluding hydrogens is 1140 g/mol. The van der Waals surface area contributed by atoms with E-state index in [2.05, 4.69) is 9.37 Å². The predicted molar refractivity (Wildman–Crippen MR) is 238 cm³/mol. The Morgan fingerprint density at radius 1 is 0.346 bits per heavy atom. The summed E-state index contributed by atoms with van der Waals surface area (Å²) in [6.45, 7) is -3.43. The molecule has 0 atom stereocenters. The molecule has 7 aromatic carbocycles. The van der Waals surface area contributed by atoms with Crippen LogP contribution in [0.4, 0.5) is 52.7 Å². The monoisotopic (exact) mass is 1170 g/mol. The highest BCUT2D eigenvalue weighted by atomic mass is 32.2. The van der Waals surface area contributed by atoms with Crippen LogP contribution in [0.1, 0.15) is 0 Å². The SMILES string of the molecule is O=S(=O)([O-])c1c(F)c(F)c(OCCOc2ccc(-c3cc(-c4ccc(OCCOc5c(F)c(F)c(SOO[O-])c(F)c5F)cc4)cc(-c4ccc(OCCOc5c(F)c(F)c(S(=O)(=O)[O-])c(F)c5F)cc4)c3)cc2)c(F)c1F. The van der Waals surface area contributed by atoms with E-state index < -0.39 is 174 Å². The maximum Gasteiger partial charge on any atom is 0.205 e. The molecule has 0 aliphatic rings. The van der Waals surface area contributed by atoms with E-state index in [1.54, 1.807) is 54.6 Å². The first-order valence-electron chi connectivity index (χ1n) is 21.3. The molecule has 0 aromatic heterocycles. The summed E-state index contributed by atoms with van der Waals surface area (Å²) < 4.78 is 273. The molecule has 30 heteroatoms. The number of hydrogen-bond acceptors (Lipinski definition) is 16. The average molecular weight is 1170 g/mol. The Morgan fingerprint density at radius 3 is 0.833 bits per heavy atom. The first-order valence-corrected chi connectivity index (χ1v) is 24.8. The van der Waals surface area contributed by atoms with Crippen molar-refractivity contribution in [3.63, 3.8) is 0 Å². The largest absolute Gasteiger partial charge is 0.744 e. The number of rotatable bonds is 23. The molecule has 0 saturated carbocycles. The Balaban J connectivity index is 1.06. The van der Waals surface area contributed by atoms with Crippen LogP contribution in [0.2, 0.25) is 0 Å². The Bertz CT molecular complexity index is 3340. The Labute approximate surface area is 435 Å². The Hall–Kier alpha value is -7.45. The molecule has 0 heterocycles. The van der Waals surface area contributed by atoms with Crippen LogP contribution in [0.3, 0.4) is 0 Å². The van der Waals surface area contributed by atoms with E-state index in [0.29, 0.717) is 33.4 Å². The minimum absolute atomic E-state index is 0.151. The van der Waals surface area contributed by atoms with Gasteiger partial charge in [0.15, 0.2) is 52.2 Å². The summed E-state index contributed by atoms with van der Waals surface area (Å²) in [5, 5.41) is 12.9. The average Bonchev–Trinajstić information content (AvgIpc) is 3.57. The van der Waals surface area contributed by atoms with Gasteiger partial charge in [0, 0.05) is 0 Å². The quantitative estimate of drug-likeness (QED) is 0.0111. The van der Waals surface area contributed by atoms with Gasteiger partial charge in [-0.25, -0.2) is 43.2 Å². The molecule has 0 unspecified atom stereocenters. The van der Waals surface area contributed by atoms with Crippen LogP contribution >= 0.6 is 12.0 Å². The van der Waals surface area contributed by atoms with Crippen molar-refractivity contribution in [1.82, 2.24) is 0 Å². The molecule has 0 aliphatic heterocycles. The molecule has 0 radical (unpaired) electrons. The molecular formula is C48H27F12O15S3-3. The van der Waals surface area contributed by atoms with Gasteiger partial charge in [-0.1, -0.05) is 36.4 Å². The van der Waals surface area contributed by atoms with Crippen molar-refractivity contribution in [1.29, 1.82) is 0 Å². The van der Waals surface area contributed by atoms with Crippen LogP contribution in [0.15, 0.2) is 106 Å². The summed E-state index contributed by atoms with van der Waals surface area (Å²) in [4.78, 5) is -6.06. The molecule has 0 bridgehead atoms. The second-order valence-corrected chi connectivity index (χ2v) is 18.7. The molecule has 0 fully saturated rings. The molecule has 0 saturated heterocycles. The molecule has 414 valence electrons. The van der Waals surface area contributed by atoms with E-state index in [9.17, 15) is 83.9 Å². The Kier molecular flexibility index (Phi) is 18.3. The maximum absolute atomic E-state index is 14.5. The van der Waals surface area contributed by atoms with Crippen molar-refractivity contribution in [2.24, 2.45) is 0 Å². The number of halogens is 12. The third-order valence-corrected chi connectivity index (χ3v) is 12.9. The van der Waals surface area contributed by atoms with E-state index in [-0.39, 0.29) is 17.2 Å². The molecule has 78 heavy (non-hydrogen) atoms. The Morgan fingerprint density at radius 2 is 0.590 bits per heavy atom. The number of ether oxygens (including phenoxy) is 6. The zero-order valence-electron chi connectivity index (χ0n) is 38.3. The van der Waals surface area contributed by atoms with Crippen molar-refractivity contribution in [3.05, 3.63) is 161 Å². The van der Waals surface area contributed by atoms with Crippen molar-refractivity contribution < 1.29 is 122 Å². The van der Waals surface area contributed by atoms with Gasteiger partial charge in [0.1, 0.15) is 91.8 Å². The van der Waals surface area contributed by atoms with E-state index in [1.165, 1.54) is 36.4 Å². The lowest BCUT2D eigenvalue weighted by molar-refractivity contribution is -0.777. The second-order valence-electron chi connectivity index (χ2n) is 15.3. The third-order valence-electron chi connectivity index (χ3n) is 10.5.